The summed E-state index contributed by atoms with van der Waals surface area (Å²) in [6.07, 6.45) is 1.99. The Balaban J connectivity index is 1.88. The van der Waals surface area contributed by atoms with Crippen molar-refractivity contribution in [3.8, 4) is 0 Å². The molecular weight excluding hydrogens is 264 g/mol. The average Bonchev–Trinajstić information content (AvgIpc) is 2.87. The van der Waals surface area contributed by atoms with Crippen molar-refractivity contribution in [3.63, 3.8) is 0 Å². The minimum Gasteiger partial charge on any atom is -0.396 e. The molecule has 2 rings (SSSR count). The summed E-state index contributed by atoms with van der Waals surface area (Å²) in [5.74, 6) is 0.627. The van der Waals surface area contributed by atoms with Crippen molar-refractivity contribution in [3.05, 3.63) is 30.3 Å². The molecule has 1 unspecified atom stereocenters. The molecule has 21 heavy (non-hydrogen) atoms. The Kier molecular flexibility index (Phi) is 5.37. The number of carbonyl (C=O) groups is 1. The van der Waals surface area contributed by atoms with E-state index in [-0.39, 0.29) is 12.5 Å². The maximum atomic E-state index is 12.5. The molecule has 1 aliphatic rings. The van der Waals surface area contributed by atoms with E-state index < -0.39 is 5.41 Å². The molecule has 1 heterocycles. The van der Waals surface area contributed by atoms with Crippen LogP contribution in [0.5, 0.6) is 0 Å². The summed E-state index contributed by atoms with van der Waals surface area (Å²) < 4.78 is 0. The lowest BCUT2D eigenvalue weighted by molar-refractivity contribution is -0.124. The number of hydrogen-bond donors (Lipinski definition) is 2. The van der Waals surface area contributed by atoms with E-state index in [0.717, 1.165) is 38.2 Å². The molecule has 1 atom stereocenters. The van der Waals surface area contributed by atoms with Crippen molar-refractivity contribution in [1.82, 2.24) is 4.90 Å². The Morgan fingerprint density at radius 2 is 2.10 bits per heavy atom. The summed E-state index contributed by atoms with van der Waals surface area (Å²) >= 11 is 0. The average molecular weight is 290 g/mol. The fourth-order valence-electron chi connectivity index (χ4n) is 2.93. The molecule has 4 heteroatoms. The topological polar surface area (TPSA) is 52.6 Å². The number of benzene rings is 1. The molecule has 1 aromatic rings. The summed E-state index contributed by atoms with van der Waals surface area (Å²) in [5, 5.41) is 12.0. The zero-order valence-corrected chi connectivity index (χ0v) is 13.0. The molecule has 0 radical (unpaired) electrons. The monoisotopic (exact) mass is 290 g/mol. The second-order valence-electron chi connectivity index (χ2n) is 6.61. The van der Waals surface area contributed by atoms with Gasteiger partial charge in [-0.05, 0) is 51.3 Å². The second-order valence-corrected chi connectivity index (χ2v) is 6.61. The zero-order valence-electron chi connectivity index (χ0n) is 13.0. The van der Waals surface area contributed by atoms with Gasteiger partial charge in [0.05, 0.1) is 5.41 Å². The van der Waals surface area contributed by atoms with Crippen LogP contribution < -0.4 is 5.32 Å². The van der Waals surface area contributed by atoms with Crippen LogP contribution in [0, 0.1) is 11.3 Å². The SMILES string of the molecule is CC(C)(CN1CCC(CCO)C1)C(=O)Nc1ccccc1. The molecule has 0 aliphatic carbocycles. The van der Waals surface area contributed by atoms with Gasteiger partial charge >= 0.3 is 0 Å². The summed E-state index contributed by atoms with van der Waals surface area (Å²) in [5.41, 5.74) is 0.416. The van der Waals surface area contributed by atoms with Crippen molar-refractivity contribution in [2.24, 2.45) is 11.3 Å². The van der Waals surface area contributed by atoms with Gasteiger partial charge in [-0.2, -0.15) is 0 Å². The number of aliphatic hydroxyl groups is 1. The van der Waals surface area contributed by atoms with E-state index >= 15 is 0 Å². The first-order valence-corrected chi connectivity index (χ1v) is 7.71. The predicted molar refractivity (Wildman–Crippen MR) is 85.1 cm³/mol. The first-order valence-electron chi connectivity index (χ1n) is 7.71. The van der Waals surface area contributed by atoms with Gasteiger partial charge in [0.25, 0.3) is 0 Å². The summed E-state index contributed by atoms with van der Waals surface area (Å²) in [4.78, 5) is 14.8. The first-order chi connectivity index (χ1) is 10.0. The van der Waals surface area contributed by atoms with Gasteiger partial charge < -0.3 is 15.3 Å². The molecule has 1 saturated heterocycles. The van der Waals surface area contributed by atoms with Crippen LogP contribution in [0.25, 0.3) is 0 Å². The third-order valence-corrected chi connectivity index (χ3v) is 4.17. The molecular formula is C17H26N2O2. The highest BCUT2D eigenvalue weighted by atomic mass is 16.3. The highest BCUT2D eigenvalue weighted by molar-refractivity contribution is 5.94. The molecule has 0 saturated carbocycles. The lowest BCUT2D eigenvalue weighted by Crippen LogP contribution is -2.41. The van der Waals surface area contributed by atoms with Gasteiger partial charge in [0, 0.05) is 25.4 Å². The molecule has 0 spiro atoms. The zero-order chi connectivity index (χ0) is 15.3. The Hall–Kier alpha value is -1.39. The molecule has 4 nitrogen and oxygen atoms in total. The lowest BCUT2D eigenvalue weighted by atomic mass is 9.91. The number of hydrogen-bond acceptors (Lipinski definition) is 3. The van der Waals surface area contributed by atoms with Crippen LogP contribution in [0.15, 0.2) is 30.3 Å². The largest absolute Gasteiger partial charge is 0.396 e. The predicted octanol–water partition coefficient (Wildman–Crippen LogP) is 2.36. The van der Waals surface area contributed by atoms with Crippen LogP contribution in [-0.2, 0) is 4.79 Å². The maximum Gasteiger partial charge on any atom is 0.231 e. The fraction of sp³-hybridized carbons (Fsp3) is 0.588. The Labute approximate surface area is 127 Å². The van der Waals surface area contributed by atoms with Crippen LogP contribution in [0.2, 0.25) is 0 Å². The number of amides is 1. The Bertz CT molecular complexity index is 459. The summed E-state index contributed by atoms with van der Waals surface area (Å²) in [7, 11) is 0. The van der Waals surface area contributed by atoms with E-state index in [1.165, 1.54) is 0 Å². The van der Waals surface area contributed by atoms with Gasteiger partial charge in [-0.3, -0.25) is 4.79 Å². The number of anilines is 1. The lowest BCUT2D eigenvalue weighted by Gasteiger charge is -2.29. The van der Waals surface area contributed by atoms with Gasteiger partial charge in [-0.1, -0.05) is 18.2 Å². The molecule has 1 fully saturated rings. The molecule has 2 N–H and O–H groups in total. The Morgan fingerprint density at radius 1 is 1.38 bits per heavy atom. The van der Waals surface area contributed by atoms with Crippen molar-refractivity contribution in [2.45, 2.75) is 26.7 Å². The normalized spacial score (nSPS) is 19.7. The van der Waals surface area contributed by atoms with E-state index in [0.29, 0.717) is 5.92 Å². The number of likely N-dealkylation sites (tertiary alicyclic amines) is 1. The molecule has 0 aromatic heterocycles. The van der Waals surface area contributed by atoms with Gasteiger partial charge in [-0.15, -0.1) is 0 Å². The minimum atomic E-state index is -0.427. The molecule has 116 valence electrons. The standard InChI is InChI=1S/C17H26N2O2/c1-17(2,13-19-10-8-14(12-19)9-11-20)16(21)18-15-6-4-3-5-7-15/h3-7,14,20H,8-13H2,1-2H3,(H,18,21). The van der Waals surface area contributed by atoms with Crippen LogP contribution >= 0.6 is 0 Å². The highest BCUT2D eigenvalue weighted by Gasteiger charge is 2.33. The van der Waals surface area contributed by atoms with E-state index in [4.69, 9.17) is 5.11 Å². The molecule has 1 amide bonds. The highest BCUT2D eigenvalue weighted by Crippen LogP contribution is 2.25. The van der Waals surface area contributed by atoms with E-state index in [1.807, 2.05) is 44.2 Å². The summed E-state index contributed by atoms with van der Waals surface area (Å²) in [6, 6.07) is 9.58. The molecule has 1 aliphatic heterocycles. The van der Waals surface area contributed by atoms with Gasteiger partial charge in [-0.25, -0.2) is 0 Å². The number of rotatable bonds is 6. The van der Waals surface area contributed by atoms with Crippen LogP contribution in [0.3, 0.4) is 0 Å². The number of nitrogens with zero attached hydrogens (tertiary/aromatic N) is 1. The molecule has 1 aromatic carbocycles. The number of para-hydroxylation sites is 1. The van der Waals surface area contributed by atoms with E-state index in [2.05, 4.69) is 10.2 Å². The maximum absolute atomic E-state index is 12.5. The van der Waals surface area contributed by atoms with Crippen molar-refractivity contribution in [1.29, 1.82) is 0 Å². The van der Waals surface area contributed by atoms with E-state index in [9.17, 15) is 4.79 Å². The second kappa shape index (κ2) is 7.05. The minimum absolute atomic E-state index is 0.0549. The quantitative estimate of drug-likeness (QED) is 0.845. The summed E-state index contributed by atoms with van der Waals surface area (Å²) in [6.45, 7) is 7.01. The van der Waals surface area contributed by atoms with Crippen LogP contribution in [0.4, 0.5) is 5.69 Å². The first kappa shape index (κ1) is 16.0. The smallest absolute Gasteiger partial charge is 0.231 e. The van der Waals surface area contributed by atoms with Crippen molar-refractivity contribution in [2.75, 3.05) is 31.6 Å². The number of aliphatic hydroxyl groups excluding tert-OH is 1. The van der Waals surface area contributed by atoms with Gasteiger partial charge in [0.2, 0.25) is 5.91 Å². The number of carbonyl (C=O) groups excluding carboxylic acids is 1. The number of nitrogens with one attached hydrogen (secondary N) is 1. The van der Waals surface area contributed by atoms with Gasteiger partial charge in [0.15, 0.2) is 0 Å². The van der Waals surface area contributed by atoms with Crippen molar-refractivity contribution >= 4 is 11.6 Å². The fourth-order valence-corrected chi connectivity index (χ4v) is 2.93. The third kappa shape index (κ3) is 4.55. The van der Waals surface area contributed by atoms with Crippen LogP contribution in [-0.4, -0.2) is 42.2 Å². The third-order valence-electron chi connectivity index (χ3n) is 4.17. The van der Waals surface area contributed by atoms with Crippen LogP contribution in [0.1, 0.15) is 26.7 Å². The van der Waals surface area contributed by atoms with Gasteiger partial charge in [0.1, 0.15) is 0 Å². The molecule has 0 bridgehead atoms. The van der Waals surface area contributed by atoms with E-state index in [1.54, 1.807) is 0 Å². The van der Waals surface area contributed by atoms with Crippen molar-refractivity contribution < 1.29 is 9.90 Å². The Morgan fingerprint density at radius 3 is 2.76 bits per heavy atom.